The first kappa shape index (κ1) is 12.9. The van der Waals surface area contributed by atoms with Gasteiger partial charge in [-0.1, -0.05) is 36.4 Å². The molecular formula is C18H19NO. The average molecular weight is 265 g/mol. The molecule has 0 bridgehead atoms. The molecule has 1 aliphatic carbocycles. The second-order valence-electron chi connectivity index (χ2n) is 5.67. The van der Waals surface area contributed by atoms with Gasteiger partial charge in [-0.3, -0.25) is 4.79 Å². The summed E-state index contributed by atoms with van der Waals surface area (Å²) in [6.07, 6.45) is 1.66. The zero-order valence-corrected chi connectivity index (χ0v) is 12.0. The number of anilines is 1. The predicted octanol–water partition coefficient (Wildman–Crippen LogP) is 3.67. The first-order chi connectivity index (χ1) is 9.65. The van der Waals surface area contributed by atoms with Crippen LogP contribution >= 0.6 is 0 Å². The number of ketones is 1. The highest BCUT2D eigenvalue weighted by molar-refractivity contribution is 5.97. The monoisotopic (exact) mass is 265 g/mol. The van der Waals surface area contributed by atoms with Crippen molar-refractivity contribution >= 4 is 11.5 Å². The number of carbonyl (C=O) groups is 1. The van der Waals surface area contributed by atoms with Gasteiger partial charge in [0.2, 0.25) is 0 Å². The molecule has 0 radical (unpaired) electrons. The average Bonchev–Trinajstić information content (AvgIpc) is 2.44. The number of benzene rings is 2. The van der Waals surface area contributed by atoms with Crippen molar-refractivity contribution in [3.8, 4) is 0 Å². The second kappa shape index (κ2) is 5.12. The molecule has 0 saturated carbocycles. The highest BCUT2D eigenvalue weighted by Crippen LogP contribution is 2.38. The van der Waals surface area contributed by atoms with Gasteiger partial charge < -0.3 is 4.90 Å². The molecule has 0 aliphatic heterocycles. The lowest BCUT2D eigenvalue weighted by Crippen LogP contribution is -2.20. The van der Waals surface area contributed by atoms with Gasteiger partial charge in [-0.25, -0.2) is 0 Å². The number of carbonyl (C=O) groups excluding carboxylic acids is 1. The molecule has 0 fully saturated rings. The van der Waals surface area contributed by atoms with Crippen LogP contribution in [0, 0.1) is 0 Å². The molecule has 1 unspecified atom stereocenters. The van der Waals surface area contributed by atoms with E-state index < -0.39 is 0 Å². The van der Waals surface area contributed by atoms with E-state index in [-0.39, 0.29) is 5.78 Å². The van der Waals surface area contributed by atoms with Crippen LogP contribution in [0.5, 0.6) is 0 Å². The van der Waals surface area contributed by atoms with Gasteiger partial charge in [-0.05, 0) is 35.6 Å². The van der Waals surface area contributed by atoms with Crippen molar-refractivity contribution in [2.75, 3.05) is 19.0 Å². The van der Waals surface area contributed by atoms with Gasteiger partial charge in [-0.15, -0.1) is 0 Å². The van der Waals surface area contributed by atoms with Crippen molar-refractivity contribution in [2.24, 2.45) is 0 Å². The molecule has 0 aromatic heterocycles. The van der Waals surface area contributed by atoms with Crippen LogP contribution in [-0.4, -0.2) is 19.9 Å². The summed E-state index contributed by atoms with van der Waals surface area (Å²) in [5.41, 5.74) is 4.64. The predicted molar refractivity (Wildman–Crippen MR) is 82.6 cm³/mol. The maximum atomic E-state index is 12.4. The smallest absolute Gasteiger partial charge is 0.163 e. The molecular weight excluding hydrogens is 246 g/mol. The normalized spacial score (nSPS) is 16.2. The minimum Gasteiger partial charge on any atom is -0.378 e. The van der Waals surface area contributed by atoms with E-state index in [2.05, 4.69) is 24.3 Å². The lowest BCUT2D eigenvalue weighted by Gasteiger charge is -2.29. The van der Waals surface area contributed by atoms with Crippen molar-refractivity contribution in [3.63, 3.8) is 0 Å². The summed E-state index contributed by atoms with van der Waals surface area (Å²) >= 11 is 0. The highest BCUT2D eigenvalue weighted by atomic mass is 16.1. The number of nitrogens with zero attached hydrogens (tertiary/aromatic N) is 1. The van der Waals surface area contributed by atoms with Crippen LogP contribution in [0.2, 0.25) is 0 Å². The highest BCUT2D eigenvalue weighted by Gasteiger charge is 2.27. The number of rotatable bonds is 4. The summed E-state index contributed by atoms with van der Waals surface area (Å²) in [5.74, 6) is 0.648. The Morgan fingerprint density at radius 2 is 1.95 bits per heavy atom. The molecule has 20 heavy (non-hydrogen) atoms. The lowest BCUT2D eigenvalue weighted by atomic mass is 9.74. The molecule has 0 saturated heterocycles. The number of hydrogen-bond acceptors (Lipinski definition) is 2. The fourth-order valence-corrected chi connectivity index (χ4v) is 2.84. The SMILES string of the molecule is CN(C)c1cccc(C(=O)CC2Cc3ccccc32)c1. The van der Waals surface area contributed by atoms with Crippen molar-refractivity contribution in [2.45, 2.75) is 18.8 Å². The molecule has 1 aliphatic rings. The minimum atomic E-state index is 0.244. The van der Waals surface area contributed by atoms with Gasteiger partial charge in [0.05, 0.1) is 0 Å². The zero-order valence-electron chi connectivity index (χ0n) is 12.0. The van der Waals surface area contributed by atoms with Crippen LogP contribution < -0.4 is 4.90 Å². The van der Waals surface area contributed by atoms with Crippen molar-refractivity contribution < 1.29 is 4.79 Å². The molecule has 1 atom stereocenters. The number of Topliss-reactive ketones (excluding diaryl/α,β-unsaturated/α-hetero) is 1. The Kier molecular flexibility index (Phi) is 3.31. The van der Waals surface area contributed by atoms with Gasteiger partial charge in [0, 0.05) is 31.8 Å². The van der Waals surface area contributed by atoms with E-state index >= 15 is 0 Å². The van der Waals surface area contributed by atoms with Crippen LogP contribution in [0.1, 0.15) is 33.8 Å². The van der Waals surface area contributed by atoms with Gasteiger partial charge >= 0.3 is 0 Å². The van der Waals surface area contributed by atoms with Crippen molar-refractivity contribution in [1.82, 2.24) is 0 Å². The third kappa shape index (κ3) is 2.34. The van der Waals surface area contributed by atoms with E-state index in [9.17, 15) is 4.79 Å². The first-order valence-electron chi connectivity index (χ1n) is 7.03. The maximum absolute atomic E-state index is 12.4. The largest absolute Gasteiger partial charge is 0.378 e. The van der Waals surface area contributed by atoms with Gasteiger partial charge in [0.15, 0.2) is 5.78 Å². The molecule has 2 aromatic rings. The summed E-state index contributed by atoms with van der Waals surface area (Å²) in [5, 5.41) is 0. The lowest BCUT2D eigenvalue weighted by molar-refractivity contribution is 0.0970. The molecule has 102 valence electrons. The van der Waals surface area contributed by atoms with Gasteiger partial charge in [0.1, 0.15) is 0 Å². The van der Waals surface area contributed by atoms with Crippen LogP contribution in [0.3, 0.4) is 0 Å². The van der Waals surface area contributed by atoms with E-state index in [4.69, 9.17) is 0 Å². The first-order valence-corrected chi connectivity index (χ1v) is 7.03. The molecule has 0 spiro atoms. The molecule has 0 N–H and O–H groups in total. The third-order valence-electron chi connectivity index (χ3n) is 4.08. The number of fused-ring (bicyclic) bond motifs is 1. The summed E-state index contributed by atoms with van der Waals surface area (Å²) in [6.45, 7) is 0. The molecule has 2 aromatic carbocycles. The van der Waals surface area contributed by atoms with Crippen LogP contribution in [0.4, 0.5) is 5.69 Å². The second-order valence-corrected chi connectivity index (χ2v) is 5.67. The summed E-state index contributed by atoms with van der Waals surface area (Å²) in [6, 6.07) is 16.3. The standard InChI is InChI=1S/C18H19NO/c1-19(2)16-8-5-7-14(11-16)18(20)12-15-10-13-6-3-4-9-17(13)15/h3-9,11,15H,10,12H2,1-2H3. The van der Waals surface area contributed by atoms with E-state index in [1.165, 1.54) is 11.1 Å². The van der Waals surface area contributed by atoms with Crippen molar-refractivity contribution in [1.29, 1.82) is 0 Å². The van der Waals surface area contributed by atoms with E-state index in [1.807, 2.05) is 43.3 Å². The third-order valence-corrected chi connectivity index (χ3v) is 4.08. The van der Waals surface area contributed by atoms with Gasteiger partial charge in [0.25, 0.3) is 0 Å². The summed E-state index contributed by atoms with van der Waals surface area (Å²) < 4.78 is 0. The summed E-state index contributed by atoms with van der Waals surface area (Å²) in [4.78, 5) is 14.4. The maximum Gasteiger partial charge on any atom is 0.163 e. The quantitative estimate of drug-likeness (QED) is 0.786. The zero-order chi connectivity index (χ0) is 14.1. The fraction of sp³-hybridized carbons (Fsp3) is 0.278. The van der Waals surface area contributed by atoms with Crippen LogP contribution in [-0.2, 0) is 6.42 Å². The van der Waals surface area contributed by atoms with E-state index in [0.29, 0.717) is 12.3 Å². The molecule has 0 amide bonds. The molecule has 2 nitrogen and oxygen atoms in total. The molecule has 0 heterocycles. The number of hydrogen-bond donors (Lipinski definition) is 0. The topological polar surface area (TPSA) is 20.3 Å². The Morgan fingerprint density at radius 1 is 1.15 bits per heavy atom. The Hall–Kier alpha value is -2.09. The molecule has 2 heteroatoms. The molecule has 3 rings (SSSR count). The Labute approximate surface area is 120 Å². The Bertz CT molecular complexity index is 645. The van der Waals surface area contributed by atoms with Crippen LogP contribution in [0.15, 0.2) is 48.5 Å². The summed E-state index contributed by atoms with van der Waals surface area (Å²) in [7, 11) is 3.98. The Balaban J connectivity index is 1.73. The fourth-order valence-electron chi connectivity index (χ4n) is 2.84. The van der Waals surface area contributed by atoms with E-state index in [1.54, 1.807) is 0 Å². The Morgan fingerprint density at radius 3 is 2.70 bits per heavy atom. The van der Waals surface area contributed by atoms with E-state index in [0.717, 1.165) is 17.7 Å². The van der Waals surface area contributed by atoms with Gasteiger partial charge in [-0.2, -0.15) is 0 Å². The van der Waals surface area contributed by atoms with Crippen molar-refractivity contribution in [3.05, 3.63) is 65.2 Å². The van der Waals surface area contributed by atoms with Crippen LogP contribution in [0.25, 0.3) is 0 Å². The minimum absolute atomic E-state index is 0.244.